The summed E-state index contributed by atoms with van der Waals surface area (Å²) in [7, 11) is 5.46. The van der Waals surface area contributed by atoms with E-state index >= 15 is 0 Å². The van der Waals surface area contributed by atoms with Crippen molar-refractivity contribution in [2.24, 2.45) is 7.05 Å². The number of benzene rings is 2. The predicted octanol–water partition coefficient (Wildman–Crippen LogP) is 7.34. The predicted molar refractivity (Wildman–Crippen MR) is 271 cm³/mol. The van der Waals surface area contributed by atoms with Crippen LogP contribution in [0.15, 0.2) is 73.2 Å². The second-order valence-electron chi connectivity index (χ2n) is 17.5. The molecule has 2 aromatic carbocycles. The molecule has 0 radical (unpaired) electrons. The van der Waals surface area contributed by atoms with Crippen molar-refractivity contribution in [3.05, 3.63) is 95.9 Å². The van der Waals surface area contributed by atoms with E-state index in [1.54, 1.807) is 24.0 Å². The Labute approximate surface area is 412 Å². The number of para-hydroxylation sites is 1. The smallest absolute Gasteiger partial charge is 0.255 e. The average Bonchev–Trinajstić information content (AvgIpc) is 3.97. The number of nitrogens with one attached hydrogen (secondary N) is 4. The maximum Gasteiger partial charge on any atom is 0.255 e. The quantitative estimate of drug-likeness (QED) is 0.0348. The van der Waals surface area contributed by atoms with E-state index in [2.05, 4.69) is 44.6 Å². The van der Waals surface area contributed by atoms with Gasteiger partial charge in [-0.1, -0.05) is 44.6 Å². The van der Waals surface area contributed by atoms with Gasteiger partial charge in [-0.05, 0) is 81.1 Å². The van der Waals surface area contributed by atoms with Gasteiger partial charge in [-0.15, -0.1) is 0 Å². The van der Waals surface area contributed by atoms with Crippen LogP contribution in [-0.4, -0.2) is 108 Å². The number of nitrogens with zero attached hydrogens (tertiary/aromatic N) is 8. The van der Waals surface area contributed by atoms with Crippen molar-refractivity contribution in [2.75, 3.05) is 68.5 Å². The molecule has 4 N–H and O–H groups in total. The lowest BCUT2D eigenvalue weighted by molar-refractivity contribution is -0.128. The molecule has 19 heteroatoms. The zero-order valence-electron chi connectivity index (χ0n) is 41.0. The minimum atomic E-state index is -1.36. The van der Waals surface area contributed by atoms with E-state index < -0.39 is 28.6 Å². The van der Waals surface area contributed by atoms with E-state index in [1.807, 2.05) is 59.8 Å². The number of nitriles is 1. The fourth-order valence-corrected chi connectivity index (χ4v) is 8.86. The van der Waals surface area contributed by atoms with Gasteiger partial charge in [0.15, 0.2) is 5.82 Å². The number of hydrogen-bond donors (Lipinski definition) is 4. The summed E-state index contributed by atoms with van der Waals surface area (Å²) in [6.07, 6.45) is 15.6. The highest BCUT2D eigenvalue weighted by Gasteiger charge is 2.43. The van der Waals surface area contributed by atoms with Gasteiger partial charge in [0, 0.05) is 83.0 Å². The molecular weight excluding hydrogens is 911 g/mol. The molecule has 1 aliphatic heterocycles. The number of aryl methyl sites for hydroxylation is 1. The summed E-state index contributed by atoms with van der Waals surface area (Å²) >= 11 is 0. The van der Waals surface area contributed by atoms with Crippen LogP contribution in [0.2, 0.25) is 0 Å². The average molecular weight is 975 g/mol. The molecule has 6 aromatic rings. The molecule has 0 bridgehead atoms. The van der Waals surface area contributed by atoms with E-state index in [0.717, 1.165) is 116 Å². The number of unbranched alkanes of at least 4 members (excludes halogenated alkanes) is 7. The van der Waals surface area contributed by atoms with Gasteiger partial charge in [0.1, 0.15) is 41.1 Å². The minimum absolute atomic E-state index is 0.208. The minimum Gasteiger partial charge on any atom is -0.492 e. The third kappa shape index (κ3) is 13.4. The fraction of sp³-hybridized carbons (Fsp3) is 0.423. The van der Waals surface area contributed by atoms with Crippen LogP contribution in [0.5, 0.6) is 5.75 Å². The SMILES string of the molecule is CCOc1cc(-c2ccc(N3CCC(NC(=O)c4cc(F)ccc4F)(C(=O)NCCCCCCCCCCNc4cccc5c(N(C)CCC=O)nn(C)c45)CC3)nc2)c2c(C#N)cnn2c1.CNC=O. The molecule has 1 aliphatic rings. The molecule has 17 nitrogen and oxygen atoms in total. The Balaban J connectivity index is 0.00000199. The summed E-state index contributed by atoms with van der Waals surface area (Å²) in [5.74, 6) is -0.715. The van der Waals surface area contributed by atoms with Crippen LogP contribution in [0, 0.1) is 23.0 Å². The molecule has 4 aromatic heterocycles. The second kappa shape index (κ2) is 25.8. The molecule has 0 aliphatic carbocycles. The van der Waals surface area contributed by atoms with Gasteiger partial charge in [-0.2, -0.15) is 15.5 Å². The molecular formula is C52H64F2N12O5. The van der Waals surface area contributed by atoms with Gasteiger partial charge < -0.3 is 40.6 Å². The van der Waals surface area contributed by atoms with Crippen molar-refractivity contribution < 1.29 is 32.7 Å². The van der Waals surface area contributed by atoms with E-state index in [9.17, 15) is 28.4 Å². The highest BCUT2D eigenvalue weighted by molar-refractivity contribution is 6.00. The molecule has 0 saturated carbocycles. The van der Waals surface area contributed by atoms with Gasteiger partial charge in [0.2, 0.25) is 12.3 Å². The Kier molecular flexibility index (Phi) is 19.2. The number of carbonyl (C=O) groups excluding carboxylic acids is 4. The standard InChI is InChI=1S/C50H59F2N11O4.C2H5NO/c1-4-67-38-30-40(45-36(31-53)33-57-63(45)34-38)35-17-20-44(56-32-35)62-26-21-50(22-27-62,58-48(65)41-29-37(51)18-19-42(41)52)49(66)55-24-12-10-8-6-5-7-9-11-23-54-43-16-13-15-39-46(43)61(3)59-47(39)60(2)25-14-28-64;1-3-2-4/h13,15-20,28-30,32-34,54H,4-12,14,21-27H2,1-3H3,(H,55,66)(H,58,65);2H,1H3,(H,3,4). The molecule has 5 heterocycles. The summed E-state index contributed by atoms with van der Waals surface area (Å²) in [4.78, 5) is 56.2. The van der Waals surface area contributed by atoms with Crippen LogP contribution in [0.1, 0.15) is 93.5 Å². The molecule has 7 rings (SSSR count). The number of fused-ring (bicyclic) bond motifs is 2. The largest absolute Gasteiger partial charge is 0.492 e. The second-order valence-corrected chi connectivity index (χ2v) is 17.5. The van der Waals surface area contributed by atoms with Crippen LogP contribution in [0.4, 0.5) is 26.1 Å². The van der Waals surface area contributed by atoms with Crippen LogP contribution >= 0.6 is 0 Å². The lowest BCUT2D eigenvalue weighted by Crippen LogP contribution is -2.63. The van der Waals surface area contributed by atoms with Crippen LogP contribution in [-0.2, 0) is 21.4 Å². The van der Waals surface area contributed by atoms with Crippen LogP contribution < -0.4 is 35.8 Å². The number of aromatic nitrogens is 5. The normalized spacial score (nSPS) is 12.9. The third-order valence-electron chi connectivity index (χ3n) is 12.6. The summed E-state index contributed by atoms with van der Waals surface area (Å²) in [6.45, 7) is 4.96. The Morgan fingerprint density at radius 3 is 2.32 bits per heavy atom. The van der Waals surface area contributed by atoms with Crippen LogP contribution in [0.3, 0.4) is 0 Å². The van der Waals surface area contributed by atoms with E-state index in [0.29, 0.717) is 68.3 Å². The van der Waals surface area contributed by atoms with Crippen LogP contribution in [0.25, 0.3) is 27.5 Å². The number of ether oxygens (including phenoxy) is 1. The van der Waals surface area contributed by atoms with Crippen molar-refractivity contribution in [3.8, 4) is 22.9 Å². The van der Waals surface area contributed by atoms with E-state index in [-0.39, 0.29) is 18.7 Å². The van der Waals surface area contributed by atoms with Crippen molar-refractivity contribution in [3.63, 3.8) is 0 Å². The maximum atomic E-state index is 14.7. The highest BCUT2D eigenvalue weighted by atomic mass is 19.1. The first-order valence-electron chi connectivity index (χ1n) is 24.2. The number of hydrogen-bond acceptors (Lipinski definition) is 12. The van der Waals surface area contributed by atoms with Crippen molar-refractivity contribution in [1.82, 2.24) is 40.3 Å². The molecule has 1 saturated heterocycles. The number of piperidine rings is 1. The Hall–Kier alpha value is -7.62. The topological polar surface area (TPSA) is 204 Å². The Morgan fingerprint density at radius 2 is 1.66 bits per heavy atom. The molecule has 0 atom stereocenters. The lowest BCUT2D eigenvalue weighted by Gasteiger charge is -2.41. The maximum absolute atomic E-state index is 14.7. The van der Waals surface area contributed by atoms with Gasteiger partial charge in [-0.3, -0.25) is 19.1 Å². The zero-order valence-corrected chi connectivity index (χ0v) is 41.0. The van der Waals surface area contributed by atoms with Gasteiger partial charge in [0.25, 0.3) is 5.91 Å². The number of halogens is 2. The lowest BCUT2D eigenvalue weighted by atomic mass is 9.85. The van der Waals surface area contributed by atoms with Crippen molar-refractivity contribution in [1.29, 1.82) is 5.26 Å². The number of anilines is 3. The van der Waals surface area contributed by atoms with Gasteiger partial charge >= 0.3 is 0 Å². The number of amides is 3. The monoisotopic (exact) mass is 975 g/mol. The van der Waals surface area contributed by atoms with Gasteiger partial charge in [-0.25, -0.2) is 18.3 Å². The Morgan fingerprint density at radius 1 is 0.944 bits per heavy atom. The van der Waals surface area contributed by atoms with Crippen molar-refractivity contribution >= 4 is 58.3 Å². The van der Waals surface area contributed by atoms with E-state index in [4.69, 9.17) is 19.6 Å². The van der Waals surface area contributed by atoms with E-state index in [1.165, 1.54) is 6.20 Å². The number of aldehydes is 1. The number of carbonyl (C=O) groups is 4. The first-order valence-corrected chi connectivity index (χ1v) is 24.2. The molecule has 0 unspecified atom stereocenters. The molecule has 1 fully saturated rings. The fourth-order valence-electron chi connectivity index (χ4n) is 8.86. The van der Waals surface area contributed by atoms with Gasteiger partial charge in [0.05, 0.1) is 46.8 Å². The summed E-state index contributed by atoms with van der Waals surface area (Å²) in [5, 5.41) is 31.5. The highest BCUT2D eigenvalue weighted by Crippen LogP contribution is 2.34. The number of rotatable bonds is 24. The number of pyridine rings is 2. The molecule has 0 spiro atoms. The first kappa shape index (κ1) is 52.7. The first-order chi connectivity index (χ1) is 34.5. The van der Waals surface area contributed by atoms with Crippen molar-refractivity contribution in [2.45, 2.75) is 83.1 Å². The molecule has 3 amide bonds. The Bertz CT molecular complexity index is 2780. The summed E-state index contributed by atoms with van der Waals surface area (Å²) in [5.41, 5.74) is 2.83. The zero-order chi connectivity index (χ0) is 50.8. The molecule has 71 heavy (non-hydrogen) atoms. The molecule has 376 valence electrons. The summed E-state index contributed by atoms with van der Waals surface area (Å²) < 4.78 is 38.2. The third-order valence-corrected chi connectivity index (χ3v) is 12.6. The summed E-state index contributed by atoms with van der Waals surface area (Å²) in [6, 6.07) is 16.7.